The molecular weight excluding hydrogens is 340 g/mol. The molecule has 0 unspecified atom stereocenters. The maximum atomic E-state index is 12.0. The van der Waals surface area contributed by atoms with Gasteiger partial charge in [0, 0.05) is 11.8 Å². The first-order chi connectivity index (χ1) is 9.94. The Hall–Kier alpha value is -1.76. The maximum Gasteiger partial charge on any atom is 0.319 e. The van der Waals surface area contributed by atoms with Crippen molar-refractivity contribution in [1.82, 2.24) is 5.32 Å². The highest BCUT2D eigenvalue weighted by Gasteiger charge is 2.40. The second-order valence-electron chi connectivity index (χ2n) is 5.13. The first-order valence-electron chi connectivity index (χ1n) is 6.59. The Balaban J connectivity index is 1.99. The minimum absolute atomic E-state index is 0.0515. The third kappa shape index (κ3) is 3.87. The predicted molar refractivity (Wildman–Crippen MR) is 81.7 cm³/mol. The van der Waals surface area contributed by atoms with Crippen molar-refractivity contribution in [2.75, 3.05) is 12.4 Å². The molecule has 0 bridgehead atoms. The molecule has 2 rings (SSSR count). The van der Waals surface area contributed by atoms with Crippen LogP contribution in [0.2, 0.25) is 0 Å². The first kappa shape index (κ1) is 15.6. The van der Waals surface area contributed by atoms with E-state index < -0.39 is 17.5 Å². The zero-order chi connectivity index (χ0) is 15.5. The van der Waals surface area contributed by atoms with Gasteiger partial charge in [-0.05, 0) is 47.3 Å². The molecule has 114 valence electrons. The van der Waals surface area contributed by atoms with Gasteiger partial charge in [0.1, 0.15) is 5.75 Å². The van der Waals surface area contributed by atoms with Gasteiger partial charge in [-0.1, -0.05) is 0 Å². The molecule has 0 heterocycles. The summed E-state index contributed by atoms with van der Waals surface area (Å²) >= 11 is 3.33. The number of anilines is 1. The summed E-state index contributed by atoms with van der Waals surface area (Å²) in [7, 11) is 1.54. The Bertz CT molecular complexity index is 558. The van der Waals surface area contributed by atoms with E-state index >= 15 is 0 Å². The lowest BCUT2D eigenvalue weighted by atomic mass is 9.74. The van der Waals surface area contributed by atoms with Crippen LogP contribution in [0.25, 0.3) is 0 Å². The number of carbonyl (C=O) groups excluding carboxylic acids is 1. The minimum Gasteiger partial charge on any atom is -0.495 e. The van der Waals surface area contributed by atoms with Crippen molar-refractivity contribution in [3.63, 3.8) is 0 Å². The Morgan fingerprint density at radius 3 is 2.67 bits per heavy atom. The first-order valence-corrected chi connectivity index (χ1v) is 7.38. The van der Waals surface area contributed by atoms with Crippen molar-refractivity contribution in [3.8, 4) is 5.75 Å². The fourth-order valence-corrected chi connectivity index (χ4v) is 2.79. The average molecular weight is 357 g/mol. The normalized spacial score (nSPS) is 15.7. The van der Waals surface area contributed by atoms with Gasteiger partial charge < -0.3 is 20.5 Å². The van der Waals surface area contributed by atoms with Crippen molar-refractivity contribution in [2.45, 2.75) is 31.2 Å². The molecule has 0 radical (unpaired) electrons. The van der Waals surface area contributed by atoms with Crippen molar-refractivity contribution in [1.29, 1.82) is 0 Å². The molecule has 1 saturated carbocycles. The summed E-state index contributed by atoms with van der Waals surface area (Å²) in [6.45, 7) is 0. The Morgan fingerprint density at radius 2 is 2.14 bits per heavy atom. The molecule has 21 heavy (non-hydrogen) atoms. The molecule has 7 heteroatoms. The zero-order valence-electron chi connectivity index (χ0n) is 11.6. The van der Waals surface area contributed by atoms with Crippen LogP contribution in [-0.2, 0) is 4.79 Å². The van der Waals surface area contributed by atoms with Crippen LogP contribution < -0.4 is 15.4 Å². The number of carboxylic acids is 1. The number of methoxy groups -OCH3 is 1. The van der Waals surface area contributed by atoms with Crippen LogP contribution in [0.1, 0.15) is 25.7 Å². The molecule has 1 aromatic rings. The summed E-state index contributed by atoms with van der Waals surface area (Å²) < 4.78 is 5.95. The van der Waals surface area contributed by atoms with Gasteiger partial charge in [0.2, 0.25) is 0 Å². The van der Waals surface area contributed by atoms with Crippen LogP contribution in [0.15, 0.2) is 22.7 Å². The van der Waals surface area contributed by atoms with E-state index in [0.717, 1.165) is 10.9 Å². The third-order valence-electron chi connectivity index (χ3n) is 3.59. The molecule has 0 spiro atoms. The maximum absolute atomic E-state index is 12.0. The number of ether oxygens (including phenoxy) is 1. The summed E-state index contributed by atoms with van der Waals surface area (Å²) in [5.41, 5.74) is -0.0348. The smallest absolute Gasteiger partial charge is 0.319 e. The second kappa shape index (κ2) is 6.34. The van der Waals surface area contributed by atoms with Crippen molar-refractivity contribution in [2.24, 2.45) is 0 Å². The molecule has 0 aromatic heterocycles. The van der Waals surface area contributed by atoms with Gasteiger partial charge in [-0.15, -0.1) is 0 Å². The highest BCUT2D eigenvalue weighted by molar-refractivity contribution is 9.10. The summed E-state index contributed by atoms with van der Waals surface area (Å²) in [4.78, 5) is 22.9. The lowest BCUT2D eigenvalue weighted by molar-refractivity contribution is -0.139. The molecule has 1 aliphatic rings. The van der Waals surface area contributed by atoms with Crippen LogP contribution in [0.5, 0.6) is 5.75 Å². The number of rotatable bonds is 5. The molecule has 6 nitrogen and oxygen atoms in total. The van der Waals surface area contributed by atoms with E-state index in [1.165, 1.54) is 0 Å². The molecule has 2 amide bonds. The monoisotopic (exact) mass is 356 g/mol. The van der Waals surface area contributed by atoms with Crippen molar-refractivity contribution >= 4 is 33.6 Å². The molecule has 0 aliphatic heterocycles. The number of halogens is 1. The van der Waals surface area contributed by atoms with Crippen LogP contribution in [0.3, 0.4) is 0 Å². The van der Waals surface area contributed by atoms with Crippen molar-refractivity contribution < 1.29 is 19.4 Å². The molecule has 1 aromatic carbocycles. The minimum atomic E-state index is -0.902. The third-order valence-corrected chi connectivity index (χ3v) is 4.24. The summed E-state index contributed by atoms with van der Waals surface area (Å²) in [6.07, 6.45) is 2.26. The van der Waals surface area contributed by atoms with E-state index in [9.17, 15) is 9.59 Å². The van der Waals surface area contributed by atoms with Gasteiger partial charge in [-0.3, -0.25) is 4.79 Å². The number of amides is 2. The van der Waals surface area contributed by atoms with Gasteiger partial charge in [-0.25, -0.2) is 4.79 Å². The molecule has 3 N–H and O–H groups in total. The summed E-state index contributed by atoms with van der Waals surface area (Å²) in [6, 6.07) is 4.79. The van der Waals surface area contributed by atoms with Crippen LogP contribution in [-0.4, -0.2) is 29.8 Å². The van der Waals surface area contributed by atoms with Gasteiger partial charge >= 0.3 is 12.0 Å². The highest BCUT2D eigenvalue weighted by atomic mass is 79.9. The zero-order valence-corrected chi connectivity index (χ0v) is 13.2. The van der Waals surface area contributed by atoms with E-state index in [0.29, 0.717) is 24.3 Å². The highest BCUT2D eigenvalue weighted by Crippen LogP contribution is 2.35. The van der Waals surface area contributed by atoms with Crippen LogP contribution in [0.4, 0.5) is 10.5 Å². The van der Waals surface area contributed by atoms with Crippen molar-refractivity contribution in [3.05, 3.63) is 22.7 Å². The lowest BCUT2D eigenvalue weighted by Gasteiger charge is -2.41. The number of aliphatic carboxylic acids is 1. The van der Waals surface area contributed by atoms with Gasteiger partial charge in [0.25, 0.3) is 0 Å². The van der Waals surface area contributed by atoms with E-state index in [2.05, 4.69) is 26.6 Å². The summed E-state index contributed by atoms with van der Waals surface area (Å²) in [5.74, 6) is -0.294. The molecule has 0 atom stereocenters. The fraction of sp³-hybridized carbons (Fsp3) is 0.429. The van der Waals surface area contributed by atoms with Crippen LogP contribution in [0, 0.1) is 0 Å². The van der Waals surface area contributed by atoms with E-state index in [-0.39, 0.29) is 6.42 Å². The van der Waals surface area contributed by atoms with E-state index in [4.69, 9.17) is 9.84 Å². The van der Waals surface area contributed by atoms with Crippen LogP contribution >= 0.6 is 15.9 Å². The topological polar surface area (TPSA) is 87.7 Å². The molecule has 1 aliphatic carbocycles. The lowest BCUT2D eigenvalue weighted by Crippen LogP contribution is -2.55. The quantitative estimate of drug-likeness (QED) is 0.756. The summed E-state index contributed by atoms with van der Waals surface area (Å²) in [5, 5.41) is 14.4. The largest absolute Gasteiger partial charge is 0.495 e. The van der Waals surface area contributed by atoms with E-state index in [1.807, 2.05) is 0 Å². The van der Waals surface area contributed by atoms with Gasteiger partial charge in [0.15, 0.2) is 0 Å². The number of hydrogen-bond donors (Lipinski definition) is 3. The fourth-order valence-electron chi connectivity index (χ4n) is 2.38. The SMILES string of the molecule is COc1cc(NC(=O)NC2(CC(=O)O)CCC2)ccc1Br. The Morgan fingerprint density at radius 1 is 1.43 bits per heavy atom. The molecular formula is C14H17BrN2O4. The van der Waals surface area contributed by atoms with E-state index in [1.54, 1.807) is 25.3 Å². The number of urea groups is 1. The molecule has 0 saturated heterocycles. The average Bonchev–Trinajstić information content (AvgIpc) is 2.37. The Kier molecular flexibility index (Phi) is 4.72. The Labute approximate surface area is 131 Å². The number of carbonyl (C=O) groups is 2. The van der Waals surface area contributed by atoms with Gasteiger partial charge in [-0.2, -0.15) is 0 Å². The predicted octanol–water partition coefficient (Wildman–Crippen LogP) is 2.98. The second-order valence-corrected chi connectivity index (χ2v) is 5.99. The number of benzene rings is 1. The van der Waals surface area contributed by atoms with Gasteiger partial charge in [0.05, 0.1) is 23.5 Å². The molecule has 1 fully saturated rings. The number of carboxylic acid groups (broad SMARTS) is 1. The standard InChI is InChI=1S/C14H17BrN2O4/c1-21-11-7-9(3-4-10(11)15)16-13(20)17-14(5-2-6-14)8-12(18)19/h3-4,7H,2,5-6,8H2,1H3,(H,18,19)(H2,16,17,20). The number of hydrogen-bond acceptors (Lipinski definition) is 3. The number of nitrogens with one attached hydrogen (secondary N) is 2.